The number of phenols is 1. The molecular formula is C68H121N21O17S. The van der Waals surface area contributed by atoms with Crippen LogP contribution in [0.15, 0.2) is 24.3 Å². The van der Waals surface area contributed by atoms with Gasteiger partial charge in [0.05, 0.1) is 19.1 Å². The van der Waals surface area contributed by atoms with E-state index in [1.165, 1.54) is 36.0 Å². The number of unbranched alkanes of at least 4 members (excludes halogenated alkanes) is 3. The van der Waals surface area contributed by atoms with E-state index in [0.29, 0.717) is 57.2 Å². The lowest BCUT2D eigenvalue weighted by molar-refractivity contribution is -0.142. The van der Waals surface area contributed by atoms with Gasteiger partial charge in [0.15, 0.2) is 11.9 Å². The van der Waals surface area contributed by atoms with Crippen LogP contribution in [-0.4, -0.2) is 233 Å². The molecule has 606 valence electrons. The second-order valence-electron chi connectivity index (χ2n) is 27.2. The number of nitrogens with one attached hydrogen (secondary N) is 15. The molecule has 107 heavy (non-hydrogen) atoms. The molecule has 0 aromatic heterocycles. The average molecular weight is 1540 g/mol. The minimum atomic E-state index is -2.05. The van der Waals surface area contributed by atoms with Crippen molar-refractivity contribution in [2.24, 2.45) is 52.2 Å². The van der Waals surface area contributed by atoms with Crippen LogP contribution in [0.5, 0.6) is 5.75 Å². The number of guanidine groups is 2. The van der Waals surface area contributed by atoms with Gasteiger partial charge in [0, 0.05) is 25.4 Å². The minimum Gasteiger partial charge on any atom is -0.508 e. The quantitative estimate of drug-likeness (QED) is 0.0165. The molecule has 1 aromatic carbocycles. The van der Waals surface area contributed by atoms with E-state index in [2.05, 4.69) is 69.1 Å². The number of carbonyl (C=O) groups is 13. The van der Waals surface area contributed by atoms with Crippen LogP contribution in [0.4, 0.5) is 0 Å². The number of carbonyl (C=O) groups excluding carboxylic acids is 12. The SMILES string of the molecule is CSCC[C@H](NC(=O)[C@H](CO)NC(=O)[C@H](CCCNC(=N)N)NC(=O)[C@H](CC(C)C)NC(=O)[C@H](CCCCN)NC(=O)[C@@H](C)CCCCN)C(=O)N[C@H](C(=O)N[C@@H](CC(=O)O)C(=O)N[C@@H](CCCCN)C(=O)N[C@@H](Cc1ccc(O)cc1)C(=O)N[C@@H](CCCNC(=N)N)C(=O)N[C@@H](CC(C)C)C(N)=O)[C@@H](C)O. The molecule has 0 radical (unpaired) electrons. The maximum absolute atomic E-state index is 14.5. The van der Waals surface area contributed by atoms with Gasteiger partial charge in [0.1, 0.15) is 72.2 Å². The molecule has 0 spiro atoms. The summed E-state index contributed by atoms with van der Waals surface area (Å²) < 4.78 is 0. The van der Waals surface area contributed by atoms with Crippen molar-refractivity contribution in [3.05, 3.63) is 29.8 Å². The number of hydrogen-bond donors (Lipinski definition) is 25. The summed E-state index contributed by atoms with van der Waals surface area (Å²) in [5.74, 6) is -14.6. The number of aromatic hydroxyl groups is 1. The molecule has 0 aliphatic rings. The number of carboxylic acids is 1. The molecule has 0 aliphatic carbocycles. The maximum Gasteiger partial charge on any atom is 0.305 e. The van der Waals surface area contributed by atoms with Gasteiger partial charge in [-0.05, 0) is 164 Å². The number of aliphatic hydroxyl groups excluding tert-OH is 2. The van der Waals surface area contributed by atoms with Gasteiger partial charge in [-0.25, -0.2) is 0 Å². The monoisotopic (exact) mass is 1540 g/mol. The number of amides is 12. The summed E-state index contributed by atoms with van der Waals surface area (Å²) in [6, 6.07) is -11.5. The third-order valence-electron chi connectivity index (χ3n) is 16.8. The molecule has 38 nitrogen and oxygen atoms in total. The van der Waals surface area contributed by atoms with E-state index in [0.717, 1.165) is 6.92 Å². The first-order chi connectivity index (χ1) is 50.5. The second kappa shape index (κ2) is 52.7. The van der Waals surface area contributed by atoms with Crippen molar-refractivity contribution >= 4 is 101 Å². The maximum atomic E-state index is 14.5. The summed E-state index contributed by atoms with van der Waals surface area (Å²) in [7, 11) is 0. The van der Waals surface area contributed by atoms with Gasteiger partial charge in [-0.2, -0.15) is 11.8 Å². The average Bonchev–Trinajstić information content (AvgIpc) is 0.851. The molecule has 0 fully saturated rings. The predicted octanol–water partition coefficient (Wildman–Crippen LogP) is -5.00. The van der Waals surface area contributed by atoms with Gasteiger partial charge in [-0.15, -0.1) is 0 Å². The lowest BCUT2D eigenvalue weighted by Crippen LogP contribution is -2.62. The zero-order valence-electron chi connectivity index (χ0n) is 62.6. The third-order valence-corrected chi connectivity index (χ3v) is 17.4. The topological polar surface area (TPSA) is 663 Å². The van der Waals surface area contributed by atoms with Crippen LogP contribution in [0.25, 0.3) is 0 Å². The van der Waals surface area contributed by atoms with E-state index in [9.17, 15) is 82.8 Å². The molecule has 0 heterocycles. The molecule has 13 atom stereocenters. The highest BCUT2D eigenvalue weighted by Crippen LogP contribution is 2.17. The van der Waals surface area contributed by atoms with Gasteiger partial charge < -0.3 is 124 Å². The largest absolute Gasteiger partial charge is 0.508 e. The van der Waals surface area contributed by atoms with Crippen molar-refractivity contribution in [3.8, 4) is 5.75 Å². The van der Waals surface area contributed by atoms with Crippen molar-refractivity contribution in [2.75, 3.05) is 51.3 Å². The predicted molar refractivity (Wildman–Crippen MR) is 401 cm³/mol. The van der Waals surface area contributed by atoms with Crippen LogP contribution in [-0.2, 0) is 68.7 Å². The van der Waals surface area contributed by atoms with E-state index >= 15 is 0 Å². The molecule has 1 rings (SSSR count). The van der Waals surface area contributed by atoms with Gasteiger partial charge in [-0.1, -0.05) is 53.2 Å². The first kappa shape index (κ1) is 95.8. The lowest BCUT2D eigenvalue weighted by atomic mass is 9.99. The summed E-state index contributed by atoms with van der Waals surface area (Å²) in [6.45, 7) is 9.87. The highest BCUT2D eigenvalue weighted by molar-refractivity contribution is 7.98. The second-order valence-corrected chi connectivity index (χ2v) is 28.1. The Kier molecular flexibility index (Phi) is 47.2. The van der Waals surface area contributed by atoms with Crippen LogP contribution in [0.1, 0.15) is 156 Å². The Balaban J connectivity index is 3.67. The number of thioether (sulfide) groups is 1. The van der Waals surface area contributed by atoms with Crippen LogP contribution in [0.2, 0.25) is 0 Å². The zero-order valence-corrected chi connectivity index (χ0v) is 63.4. The molecule has 1 aromatic rings. The fraction of sp³-hybridized carbons (Fsp3) is 0.691. The first-order valence-corrected chi connectivity index (χ1v) is 37.6. The number of primary amides is 1. The Bertz CT molecular complexity index is 3030. The molecule has 31 N–H and O–H groups in total. The number of carboxylic acid groups (broad SMARTS) is 1. The number of nitrogens with two attached hydrogens (primary N) is 6. The van der Waals surface area contributed by atoms with E-state index in [1.54, 1.807) is 40.9 Å². The standard InChI is InChI=1S/C68H121N21O17S/c1-37(2)32-48(55(72)95)84-57(97)45(19-14-29-77-67(73)74)82-63(103)50(34-41-21-23-42(92)24-22-41)86-59(99)44(18-10-13-28-71)80-64(104)51(35-53(93)94)87-66(106)54(40(6)91)89-61(101)47(25-31-107-7)83-65(105)52(36-90)88-60(100)46(20-15-30-78-68(75)76)81-62(102)49(33-38(3)4)85-58(98)43(17-9-12-27-70)79-56(96)39(5)16-8-11-26-69/h21-24,37-40,43-52,54,90-92H,8-20,25-36,69-71H2,1-7H3,(H2,72,95)(H,79,96)(H,80,104)(H,81,102)(H,82,103)(H,83,105)(H,84,97)(H,85,98)(H,86,99)(H,87,106)(H,88,100)(H,89,101)(H,93,94)(H4,73,74,77)(H4,75,76,78)/t39-,40+,43-,44-,45-,46-,47-,48-,49-,50-,51-,52-,54-/m0/s1. The van der Waals surface area contributed by atoms with Crippen molar-refractivity contribution in [2.45, 2.75) is 230 Å². The van der Waals surface area contributed by atoms with Crippen LogP contribution in [0, 0.1) is 28.6 Å². The molecule has 0 aliphatic heterocycles. The molecule has 0 bridgehead atoms. The number of phenolic OH excluding ortho intramolecular Hbond substituents is 1. The number of aliphatic hydroxyl groups is 2. The Morgan fingerprint density at radius 2 is 0.776 bits per heavy atom. The van der Waals surface area contributed by atoms with E-state index in [4.69, 9.17) is 45.2 Å². The Hall–Kier alpha value is -9.18. The Morgan fingerprint density at radius 3 is 1.19 bits per heavy atom. The molecule has 0 saturated heterocycles. The van der Waals surface area contributed by atoms with Crippen molar-refractivity contribution in [1.29, 1.82) is 10.8 Å². The normalized spacial score (nSPS) is 14.8. The van der Waals surface area contributed by atoms with Crippen LogP contribution >= 0.6 is 11.8 Å². The van der Waals surface area contributed by atoms with E-state index in [1.807, 2.05) is 0 Å². The van der Waals surface area contributed by atoms with Gasteiger partial charge in [0.2, 0.25) is 70.9 Å². The Labute approximate surface area is 629 Å². The van der Waals surface area contributed by atoms with Crippen molar-refractivity contribution < 1.29 is 82.8 Å². The van der Waals surface area contributed by atoms with Gasteiger partial charge >= 0.3 is 5.97 Å². The molecular weight excluding hydrogens is 1410 g/mol. The number of aliphatic carboxylic acids is 1. The highest BCUT2D eigenvalue weighted by atomic mass is 32.2. The van der Waals surface area contributed by atoms with Crippen molar-refractivity contribution in [3.63, 3.8) is 0 Å². The van der Waals surface area contributed by atoms with Crippen LogP contribution in [0.3, 0.4) is 0 Å². The van der Waals surface area contributed by atoms with Crippen LogP contribution < -0.4 is 104 Å². The third kappa shape index (κ3) is 39.8. The molecule has 0 unspecified atom stereocenters. The smallest absolute Gasteiger partial charge is 0.305 e. The van der Waals surface area contributed by atoms with Gasteiger partial charge in [-0.3, -0.25) is 73.1 Å². The summed E-state index contributed by atoms with van der Waals surface area (Å²) in [4.78, 5) is 181. The first-order valence-electron chi connectivity index (χ1n) is 36.2. The molecule has 12 amide bonds. The summed E-state index contributed by atoms with van der Waals surface area (Å²) in [5.41, 5.74) is 34.1. The number of rotatable bonds is 56. The fourth-order valence-corrected chi connectivity index (χ4v) is 11.3. The number of hydrogen-bond acceptors (Lipinski definition) is 22. The lowest BCUT2D eigenvalue weighted by Gasteiger charge is -2.29. The van der Waals surface area contributed by atoms with Crippen molar-refractivity contribution in [1.82, 2.24) is 69.1 Å². The highest BCUT2D eigenvalue weighted by Gasteiger charge is 2.38. The summed E-state index contributed by atoms with van der Waals surface area (Å²) in [6.07, 6.45) is 1.74. The van der Waals surface area contributed by atoms with E-state index < -0.39 is 168 Å². The zero-order chi connectivity index (χ0) is 80.9. The minimum absolute atomic E-state index is 0.0363. The fourth-order valence-electron chi connectivity index (χ4n) is 10.8. The van der Waals surface area contributed by atoms with Gasteiger partial charge in [0.25, 0.3) is 0 Å². The number of benzene rings is 1. The summed E-state index contributed by atoms with van der Waals surface area (Å²) >= 11 is 1.22. The van der Waals surface area contributed by atoms with E-state index in [-0.39, 0.29) is 125 Å². The Morgan fingerprint density at radius 1 is 0.430 bits per heavy atom. The summed E-state index contributed by atoms with van der Waals surface area (Å²) in [5, 5.41) is 89.8. The molecule has 0 saturated carbocycles. The molecule has 39 heteroatoms.